The van der Waals surface area contributed by atoms with Crippen LogP contribution in [-0.4, -0.2) is 31.1 Å². The van der Waals surface area contributed by atoms with E-state index in [1.165, 1.54) is 35.1 Å². The number of aromatic nitrogens is 2. The molecule has 1 aromatic heterocycles. The standard InChI is InChI=1S/C25H23F6N3O4S/c1-2-38-23(35)14-33-21-4-3-5-22(20(21)13-32-33)34(39(36)37)19-8-6-15(7-9-19)16-10-17(24(26,27)28)12-18(11-16)25(29,30)31/h6-13,22H,2-5,14H2,1H3,(H,36,37)/p-1. The molecular formula is C25H22F6N3O4S-. The van der Waals surface area contributed by atoms with Gasteiger partial charge < -0.3 is 9.29 Å². The Morgan fingerprint density at radius 2 is 1.69 bits per heavy atom. The molecule has 7 nitrogen and oxygen atoms in total. The van der Waals surface area contributed by atoms with E-state index in [1.807, 2.05) is 0 Å². The van der Waals surface area contributed by atoms with Gasteiger partial charge in [0.25, 0.3) is 0 Å². The van der Waals surface area contributed by atoms with Gasteiger partial charge in [0.05, 0.1) is 30.0 Å². The highest BCUT2D eigenvalue weighted by molar-refractivity contribution is 7.80. The second-order valence-corrected chi connectivity index (χ2v) is 9.63. The zero-order valence-corrected chi connectivity index (χ0v) is 21.2. The SMILES string of the molecule is CCOC(=O)Cn1ncc2c1CCCC2N(c1ccc(-c2cc(C(F)(F)F)cc(C(F)(F)F)c2)cc1)S(=O)[O-]. The smallest absolute Gasteiger partial charge is 0.416 e. The van der Waals surface area contributed by atoms with Crippen LogP contribution in [0.1, 0.15) is 48.2 Å². The maximum atomic E-state index is 13.3. The van der Waals surface area contributed by atoms with Crippen molar-refractivity contribution >= 4 is 22.9 Å². The topological polar surface area (TPSA) is 87.5 Å². The largest absolute Gasteiger partial charge is 0.755 e. The van der Waals surface area contributed by atoms with E-state index in [0.717, 1.165) is 4.31 Å². The normalized spacial score (nSPS) is 16.5. The molecule has 210 valence electrons. The number of carbonyl (C=O) groups is 1. The lowest BCUT2D eigenvalue weighted by Crippen LogP contribution is -2.33. The van der Waals surface area contributed by atoms with Crippen LogP contribution in [0.5, 0.6) is 0 Å². The molecule has 0 aliphatic heterocycles. The Morgan fingerprint density at radius 3 is 2.23 bits per heavy atom. The van der Waals surface area contributed by atoms with E-state index in [0.29, 0.717) is 42.7 Å². The van der Waals surface area contributed by atoms with Crippen molar-refractivity contribution in [2.24, 2.45) is 0 Å². The van der Waals surface area contributed by atoms with Gasteiger partial charge in [0.15, 0.2) is 0 Å². The van der Waals surface area contributed by atoms with Gasteiger partial charge >= 0.3 is 18.3 Å². The molecule has 0 saturated carbocycles. The summed E-state index contributed by atoms with van der Waals surface area (Å²) in [5.41, 5.74) is -1.76. The molecule has 2 atom stereocenters. The number of hydrogen-bond donors (Lipinski definition) is 0. The average Bonchev–Trinajstić information content (AvgIpc) is 3.26. The Hall–Kier alpha value is -3.39. The minimum Gasteiger partial charge on any atom is -0.755 e. The Balaban J connectivity index is 1.67. The van der Waals surface area contributed by atoms with E-state index in [-0.39, 0.29) is 36.0 Å². The number of carbonyl (C=O) groups excluding carboxylic acids is 1. The van der Waals surface area contributed by atoms with Gasteiger partial charge in [-0.05, 0) is 67.6 Å². The quantitative estimate of drug-likeness (QED) is 0.201. The fraction of sp³-hybridized carbons (Fsp3) is 0.360. The molecule has 0 saturated heterocycles. The van der Waals surface area contributed by atoms with E-state index in [2.05, 4.69) is 5.10 Å². The summed E-state index contributed by atoms with van der Waals surface area (Å²) in [7, 11) is 0. The lowest BCUT2D eigenvalue weighted by molar-refractivity contribution is -0.144. The first-order chi connectivity index (χ1) is 18.3. The van der Waals surface area contributed by atoms with Gasteiger partial charge in [0.2, 0.25) is 0 Å². The molecule has 0 fully saturated rings. The zero-order valence-electron chi connectivity index (χ0n) is 20.4. The van der Waals surface area contributed by atoms with Gasteiger partial charge in [-0.3, -0.25) is 18.0 Å². The summed E-state index contributed by atoms with van der Waals surface area (Å²) in [5, 5.41) is 4.22. The van der Waals surface area contributed by atoms with Crippen molar-refractivity contribution in [3.8, 4) is 11.1 Å². The molecule has 0 amide bonds. The molecule has 0 radical (unpaired) electrons. The first kappa shape index (κ1) is 28.6. The molecule has 0 spiro atoms. The molecule has 3 aromatic rings. The van der Waals surface area contributed by atoms with Crippen LogP contribution in [0, 0.1) is 0 Å². The summed E-state index contributed by atoms with van der Waals surface area (Å²) in [4.78, 5) is 11.9. The highest BCUT2D eigenvalue weighted by atomic mass is 32.2. The van der Waals surface area contributed by atoms with Crippen molar-refractivity contribution in [2.45, 2.75) is 51.1 Å². The Bertz CT molecular complexity index is 1340. The Kier molecular flexibility index (Phi) is 8.07. The summed E-state index contributed by atoms with van der Waals surface area (Å²) < 4.78 is 112. The van der Waals surface area contributed by atoms with Crippen LogP contribution in [0.2, 0.25) is 0 Å². The number of halogens is 6. The van der Waals surface area contributed by atoms with Crippen molar-refractivity contribution in [3.05, 3.63) is 71.0 Å². The van der Waals surface area contributed by atoms with Gasteiger partial charge in [-0.1, -0.05) is 12.1 Å². The molecule has 2 aromatic carbocycles. The number of alkyl halides is 6. The van der Waals surface area contributed by atoms with E-state index >= 15 is 0 Å². The number of fused-ring (bicyclic) bond motifs is 1. The van der Waals surface area contributed by atoms with Gasteiger partial charge in [-0.2, -0.15) is 31.4 Å². The minimum atomic E-state index is -5.00. The molecule has 14 heteroatoms. The van der Waals surface area contributed by atoms with Crippen LogP contribution in [0.4, 0.5) is 32.0 Å². The van der Waals surface area contributed by atoms with Crippen LogP contribution >= 0.6 is 0 Å². The first-order valence-corrected chi connectivity index (χ1v) is 12.8. The number of rotatable bonds is 7. The highest BCUT2D eigenvalue weighted by Gasteiger charge is 2.37. The third-order valence-electron chi connectivity index (χ3n) is 6.30. The van der Waals surface area contributed by atoms with Crippen LogP contribution in [0.25, 0.3) is 11.1 Å². The molecule has 1 heterocycles. The number of esters is 1. The number of nitrogens with zero attached hydrogens (tertiary/aromatic N) is 3. The van der Waals surface area contributed by atoms with Crippen molar-refractivity contribution in [1.29, 1.82) is 0 Å². The number of hydrogen-bond acceptors (Lipinski definition) is 5. The molecular weight excluding hydrogens is 552 g/mol. The summed E-state index contributed by atoms with van der Waals surface area (Å²) in [6.45, 7) is 1.73. The predicted molar refractivity (Wildman–Crippen MR) is 128 cm³/mol. The van der Waals surface area contributed by atoms with Crippen LogP contribution in [-0.2, 0) is 46.1 Å². The van der Waals surface area contributed by atoms with Crippen molar-refractivity contribution < 1.29 is 44.6 Å². The molecule has 0 bridgehead atoms. The lowest BCUT2D eigenvalue weighted by atomic mass is 9.92. The van der Waals surface area contributed by atoms with E-state index in [4.69, 9.17) is 4.74 Å². The molecule has 2 unspecified atom stereocenters. The monoisotopic (exact) mass is 574 g/mol. The van der Waals surface area contributed by atoms with Crippen molar-refractivity contribution in [2.75, 3.05) is 10.9 Å². The Morgan fingerprint density at radius 1 is 1.08 bits per heavy atom. The number of anilines is 1. The van der Waals surface area contributed by atoms with E-state index in [9.17, 15) is 39.9 Å². The van der Waals surface area contributed by atoms with E-state index in [1.54, 1.807) is 6.92 Å². The van der Waals surface area contributed by atoms with Gasteiger partial charge in [0, 0.05) is 28.2 Å². The minimum absolute atomic E-state index is 0.0403. The zero-order chi connectivity index (χ0) is 28.5. The summed E-state index contributed by atoms with van der Waals surface area (Å²) in [6.07, 6.45) is -6.95. The molecule has 39 heavy (non-hydrogen) atoms. The highest BCUT2D eigenvalue weighted by Crippen LogP contribution is 2.41. The molecule has 4 rings (SSSR count). The lowest BCUT2D eigenvalue weighted by Gasteiger charge is -2.37. The fourth-order valence-corrected chi connectivity index (χ4v) is 5.32. The van der Waals surface area contributed by atoms with Crippen LogP contribution in [0.3, 0.4) is 0 Å². The van der Waals surface area contributed by atoms with Gasteiger partial charge in [0.1, 0.15) is 6.54 Å². The second kappa shape index (κ2) is 11.0. The average molecular weight is 575 g/mol. The third kappa shape index (κ3) is 6.27. The van der Waals surface area contributed by atoms with Crippen LogP contribution in [0.15, 0.2) is 48.7 Å². The molecule has 1 aliphatic rings. The first-order valence-electron chi connectivity index (χ1n) is 11.8. The molecule has 0 N–H and O–H groups in total. The van der Waals surface area contributed by atoms with Crippen molar-refractivity contribution in [1.82, 2.24) is 9.78 Å². The number of ether oxygens (including phenoxy) is 1. The van der Waals surface area contributed by atoms with Crippen molar-refractivity contribution in [3.63, 3.8) is 0 Å². The van der Waals surface area contributed by atoms with Gasteiger partial charge in [-0.15, -0.1) is 0 Å². The second-order valence-electron chi connectivity index (χ2n) is 8.80. The van der Waals surface area contributed by atoms with E-state index < -0.39 is 46.8 Å². The number of benzene rings is 2. The third-order valence-corrected chi connectivity index (χ3v) is 7.09. The summed E-state index contributed by atoms with van der Waals surface area (Å²) in [5.74, 6) is -0.492. The maximum Gasteiger partial charge on any atom is 0.416 e. The fourth-order valence-electron chi connectivity index (χ4n) is 4.60. The van der Waals surface area contributed by atoms with Crippen LogP contribution < -0.4 is 4.31 Å². The predicted octanol–water partition coefficient (Wildman–Crippen LogP) is 5.83. The maximum absolute atomic E-state index is 13.3. The molecule has 1 aliphatic carbocycles. The summed E-state index contributed by atoms with van der Waals surface area (Å²) in [6, 6.07) is 5.74. The van der Waals surface area contributed by atoms with Gasteiger partial charge in [-0.25, -0.2) is 0 Å². The Labute approximate surface area is 221 Å². The summed E-state index contributed by atoms with van der Waals surface area (Å²) >= 11 is -2.79.